The summed E-state index contributed by atoms with van der Waals surface area (Å²) in [6.45, 7) is 2.00. The Balaban J connectivity index is 2.78. The van der Waals surface area contributed by atoms with Crippen LogP contribution in [-0.2, 0) is 0 Å². The highest BCUT2D eigenvalue weighted by atomic mass is 16.5. The molecule has 2 rings (SSSR count). The fourth-order valence-electron chi connectivity index (χ4n) is 2.30. The predicted octanol–water partition coefficient (Wildman–Crippen LogP) is 3.06. The van der Waals surface area contributed by atoms with E-state index in [0.29, 0.717) is 0 Å². The Bertz CT molecular complexity index is 603. The average Bonchev–Trinajstić information content (AvgIpc) is 2.43. The molecule has 2 aromatic carbocycles. The van der Waals surface area contributed by atoms with Crippen LogP contribution in [0.1, 0.15) is 24.1 Å². The van der Waals surface area contributed by atoms with Gasteiger partial charge in [-0.25, -0.2) is 0 Å². The zero-order chi connectivity index (χ0) is 13.8. The van der Waals surface area contributed by atoms with Crippen LogP contribution < -0.4 is 15.8 Å². The molecule has 0 saturated carbocycles. The van der Waals surface area contributed by atoms with Crippen molar-refractivity contribution in [2.24, 2.45) is 5.73 Å². The van der Waals surface area contributed by atoms with E-state index in [4.69, 9.17) is 10.5 Å². The number of nitrogens with two attached hydrogens (primary N) is 1. The van der Waals surface area contributed by atoms with E-state index >= 15 is 0 Å². The predicted molar refractivity (Wildman–Crippen MR) is 81.2 cm³/mol. The van der Waals surface area contributed by atoms with E-state index in [9.17, 15) is 0 Å². The molecular weight excluding hydrogens is 236 g/mol. The van der Waals surface area contributed by atoms with E-state index in [1.807, 2.05) is 38.4 Å². The number of nitrogens with one attached hydrogen (secondary N) is 1. The van der Waals surface area contributed by atoms with Crippen LogP contribution in [0, 0.1) is 0 Å². The van der Waals surface area contributed by atoms with E-state index in [2.05, 4.69) is 23.5 Å². The van der Waals surface area contributed by atoms with Gasteiger partial charge in [-0.05, 0) is 36.2 Å². The third-order valence-electron chi connectivity index (χ3n) is 3.18. The molecule has 1 unspecified atom stereocenters. The first-order valence-corrected chi connectivity index (χ1v) is 6.38. The minimum absolute atomic E-state index is 0.0162. The molecule has 0 aliphatic heterocycles. The second-order valence-corrected chi connectivity index (χ2v) is 4.54. The summed E-state index contributed by atoms with van der Waals surface area (Å²) in [5.74, 6) is 0.881. The van der Waals surface area contributed by atoms with Crippen LogP contribution >= 0.6 is 0 Å². The van der Waals surface area contributed by atoms with Crippen molar-refractivity contribution < 1.29 is 4.74 Å². The Hall–Kier alpha value is -2.00. The Kier molecular flexibility index (Phi) is 4.07. The Labute approximate surface area is 114 Å². The Morgan fingerprint density at radius 1 is 1.26 bits per heavy atom. The first-order valence-electron chi connectivity index (χ1n) is 6.38. The molecule has 19 heavy (non-hydrogen) atoms. The van der Waals surface area contributed by atoms with Gasteiger partial charge in [0.25, 0.3) is 0 Å². The van der Waals surface area contributed by atoms with Crippen LogP contribution in [0.2, 0.25) is 0 Å². The van der Waals surface area contributed by atoms with Crippen molar-refractivity contribution in [3.05, 3.63) is 47.7 Å². The third-order valence-corrected chi connectivity index (χ3v) is 3.18. The second kappa shape index (κ2) is 5.76. The van der Waals surface area contributed by atoms with Gasteiger partial charge >= 0.3 is 0 Å². The number of hydrogen-bond acceptors (Lipinski definition) is 3. The van der Waals surface area contributed by atoms with E-state index in [1.54, 1.807) is 7.11 Å². The van der Waals surface area contributed by atoms with Gasteiger partial charge in [0.2, 0.25) is 0 Å². The lowest BCUT2D eigenvalue weighted by Crippen LogP contribution is -2.07. The zero-order valence-corrected chi connectivity index (χ0v) is 11.6. The SMILES string of the molecule is CN/C=C/c1cc(C(C)N)c2ccccc2c1OC. The van der Waals surface area contributed by atoms with E-state index in [-0.39, 0.29) is 6.04 Å². The molecule has 1 atom stereocenters. The van der Waals surface area contributed by atoms with Crippen molar-refractivity contribution in [1.82, 2.24) is 5.32 Å². The summed E-state index contributed by atoms with van der Waals surface area (Å²) in [6, 6.07) is 10.3. The maximum absolute atomic E-state index is 6.09. The molecule has 2 aromatic rings. The summed E-state index contributed by atoms with van der Waals surface area (Å²) in [5, 5.41) is 5.24. The van der Waals surface area contributed by atoms with Gasteiger partial charge in [0.15, 0.2) is 0 Å². The van der Waals surface area contributed by atoms with Gasteiger partial charge < -0.3 is 15.8 Å². The van der Waals surface area contributed by atoms with Gasteiger partial charge in [0.05, 0.1) is 7.11 Å². The lowest BCUT2D eigenvalue weighted by Gasteiger charge is -2.16. The van der Waals surface area contributed by atoms with Crippen LogP contribution in [0.5, 0.6) is 5.75 Å². The van der Waals surface area contributed by atoms with Crippen LogP contribution in [0.4, 0.5) is 0 Å². The quantitative estimate of drug-likeness (QED) is 0.883. The van der Waals surface area contributed by atoms with Gasteiger partial charge in [-0.2, -0.15) is 0 Å². The van der Waals surface area contributed by atoms with Gasteiger partial charge in [-0.15, -0.1) is 0 Å². The summed E-state index contributed by atoms with van der Waals surface area (Å²) >= 11 is 0. The van der Waals surface area contributed by atoms with Crippen molar-refractivity contribution in [2.45, 2.75) is 13.0 Å². The fourth-order valence-corrected chi connectivity index (χ4v) is 2.30. The normalized spacial score (nSPS) is 12.8. The lowest BCUT2D eigenvalue weighted by molar-refractivity contribution is 0.418. The molecule has 0 spiro atoms. The number of hydrogen-bond donors (Lipinski definition) is 2. The van der Waals surface area contributed by atoms with Crippen molar-refractivity contribution in [3.8, 4) is 5.75 Å². The molecule has 0 aliphatic carbocycles. The van der Waals surface area contributed by atoms with Crippen molar-refractivity contribution >= 4 is 16.8 Å². The van der Waals surface area contributed by atoms with Gasteiger partial charge in [0, 0.05) is 24.0 Å². The monoisotopic (exact) mass is 256 g/mol. The van der Waals surface area contributed by atoms with Crippen molar-refractivity contribution in [2.75, 3.05) is 14.2 Å². The lowest BCUT2D eigenvalue weighted by atomic mass is 9.95. The summed E-state index contributed by atoms with van der Waals surface area (Å²) in [7, 11) is 3.57. The molecule has 0 saturated heterocycles. The van der Waals surface area contributed by atoms with Gasteiger partial charge in [0.1, 0.15) is 5.75 Å². The molecule has 3 heteroatoms. The molecule has 0 bridgehead atoms. The molecule has 0 amide bonds. The molecule has 0 aliphatic rings. The molecule has 0 fully saturated rings. The summed E-state index contributed by atoms with van der Waals surface area (Å²) in [4.78, 5) is 0. The number of ether oxygens (including phenoxy) is 1. The highest BCUT2D eigenvalue weighted by Gasteiger charge is 2.12. The maximum atomic E-state index is 6.09. The van der Waals surface area contributed by atoms with Crippen LogP contribution in [0.25, 0.3) is 16.8 Å². The smallest absolute Gasteiger partial charge is 0.133 e. The van der Waals surface area contributed by atoms with Crippen molar-refractivity contribution in [1.29, 1.82) is 0 Å². The number of methoxy groups -OCH3 is 1. The zero-order valence-electron chi connectivity index (χ0n) is 11.6. The minimum atomic E-state index is -0.0162. The summed E-state index contributed by atoms with van der Waals surface area (Å²) < 4.78 is 5.57. The first-order chi connectivity index (χ1) is 9.19. The number of rotatable bonds is 4. The van der Waals surface area contributed by atoms with Crippen LogP contribution in [0.15, 0.2) is 36.5 Å². The number of fused-ring (bicyclic) bond motifs is 1. The Morgan fingerprint density at radius 3 is 2.53 bits per heavy atom. The summed E-state index contributed by atoms with van der Waals surface area (Å²) in [5.41, 5.74) is 8.25. The largest absolute Gasteiger partial charge is 0.495 e. The molecule has 0 heterocycles. The van der Waals surface area contributed by atoms with E-state index in [0.717, 1.165) is 27.6 Å². The fraction of sp³-hybridized carbons (Fsp3) is 0.250. The minimum Gasteiger partial charge on any atom is -0.495 e. The average molecular weight is 256 g/mol. The van der Waals surface area contributed by atoms with Gasteiger partial charge in [-0.3, -0.25) is 0 Å². The molecular formula is C16H20N2O. The second-order valence-electron chi connectivity index (χ2n) is 4.54. The Morgan fingerprint density at radius 2 is 1.95 bits per heavy atom. The molecule has 100 valence electrons. The molecule has 3 nitrogen and oxygen atoms in total. The topological polar surface area (TPSA) is 47.3 Å². The van der Waals surface area contributed by atoms with Crippen molar-refractivity contribution in [3.63, 3.8) is 0 Å². The van der Waals surface area contributed by atoms with E-state index in [1.165, 1.54) is 0 Å². The van der Waals surface area contributed by atoms with E-state index < -0.39 is 0 Å². The third kappa shape index (κ3) is 2.56. The molecule has 0 aromatic heterocycles. The van der Waals surface area contributed by atoms with Crippen LogP contribution in [0.3, 0.4) is 0 Å². The molecule has 0 radical (unpaired) electrons. The highest BCUT2D eigenvalue weighted by molar-refractivity contribution is 5.94. The van der Waals surface area contributed by atoms with Gasteiger partial charge in [-0.1, -0.05) is 24.3 Å². The highest BCUT2D eigenvalue weighted by Crippen LogP contribution is 2.35. The van der Waals surface area contributed by atoms with Crippen LogP contribution in [-0.4, -0.2) is 14.2 Å². The molecule has 3 N–H and O–H groups in total. The standard InChI is InChI=1S/C16H20N2O/c1-11(17)15-10-12(8-9-18-2)16(19-3)14-7-5-4-6-13(14)15/h4-11,18H,17H2,1-3H3/b9-8+. The first kappa shape index (κ1) is 13.4. The maximum Gasteiger partial charge on any atom is 0.133 e. The summed E-state index contributed by atoms with van der Waals surface area (Å²) in [6.07, 6.45) is 3.88. The number of benzene rings is 2.